The number of rotatable bonds is 5. The number of nitrogens with zero attached hydrogens (tertiary/aromatic N) is 1. The maximum absolute atomic E-state index is 10.8. The summed E-state index contributed by atoms with van der Waals surface area (Å²) < 4.78 is 9.66. The van der Waals surface area contributed by atoms with Gasteiger partial charge < -0.3 is 0 Å². The quantitative estimate of drug-likeness (QED) is 0.420. The first kappa shape index (κ1) is 11.6. The first-order valence-electron chi connectivity index (χ1n) is 4.43. The molecule has 0 fully saturated rings. The van der Waals surface area contributed by atoms with Crippen molar-refractivity contribution < 1.29 is 14.4 Å². The number of hydrogen-bond donors (Lipinski definition) is 0. The zero-order valence-electron chi connectivity index (χ0n) is 8.67. The van der Waals surface area contributed by atoms with Crippen molar-refractivity contribution in [1.29, 1.82) is 0 Å². The lowest BCUT2D eigenvalue weighted by Crippen LogP contribution is -2.44. The van der Waals surface area contributed by atoms with Crippen LogP contribution < -0.4 is 0 Å². The zero-order chi connectivity index (χ0) is 11.3. The molecule has 0 amide bonds. The van der Waals surface area contributed by atoms with Crippen molar-refractivity contribution in [3.05, 3.63) is 46.0 Å². The highest BCUT2D eigenvalue weighted by Gasteiger charge is 2.44. The molecule has 0 saturated heterocycles. The van der Waals surface area contributed by atoms with Gasteiger partial charge in [-0.1, -0.05) is 30.3 Å². The summed E-state index contributed by atoms with van der Waals surface area (Å²) in [5, 5.41) is 10.8. The van der Waals surface area contributed by atoms with E-state index in [1.807, 2.05) is 18.2 Å². The van der Waals surface area contributed by atoms with Crippen LogP contribution in [0, 0.1) is 10.1 Å². The average Bonchev–Trinajstić information content (AvgIpc) is 2.27. The molecule has 5 heteroatoms. The van der Waals surface area contributed by atoms with Crippen LogP contribution in [0.5, 0.6) is 0 Å². The molecule has 5 nitrogen and oxygen atoms in total. The molecule has 0 aromatic heterocycles. The summed E-state index contributed by atoms with van der Waals surface area (Å²) in [6.45, 7) is 0. The molecule has 0 aliphatic rings. The lowest BCUT2D eigenvalue weighted by atomic mass is 10.1. The van der Waals surface area contributed by atoms with Gasteiger partial charge in [0.2, 0.25) is 0 Å². The molecule has 0 atom stereocenters. The third kappa shape index (κ3) is 2.51. The number of hydrogen-bond acceptors (Lipinski definition) is 4. The monoisotopic (exact) mass is 211 g/mol. The van der Waals surface area contributed by atoms with Gasteiger partial charge in [0.1, 0.15) is 6.42 Å². The van der Waals surface area contributed by atoms with E-state index in [1.165, 1.54) is 14.2 Å². The first-order valence-corrected chi connectivity index (χ1v) is 4.43. The van der Waals surface area contributed by atoms with E-state index in [-0.39, 0.29) is 6.42 Å². The minimum Gasteiger partial charge on any atom is -0.294 e. The number of benzene rings is 1. The summed E-state index contributed by atoms with van der Waals surface area (Å²) in [5.41, 5.74) is 0.790. The SMILES string of the molecule is COC(Cc1ccccc1)(OC)[N+](=O)[O-]. The summed E-state index contributed by atoms with van der Waals surface area (Å²) in [6.07, 6.45) is 0.0772. The van der Waals surface area contributed by atoms with Crippen molar-refractivity contribution in [1.82, 2.24) is 0 Å². The van der Waals surface area contributed by atoms with Gasteiger partial charge >= 0.3 is 5.91 Å². The van der Waals surface area contributed by atoms with E-state index in [0.717, 1.165) is 5.56 Å². The molecule has 0 radical (unpaired) electrons. The number of ether oxygens (including phenoxy) is 2. The second kappa shape index (κ2) is 4.86. The Labute approximate surface area is 87.8 Å². The zero-order valence-corrected chi connectivity index (χ0v) is 8.67. The van der Waals surface area contributed by atoms with E-state index in [1.54, 1.807) is 12.1 Å². The molecule has 82 valence electrons. The van der Waals surface area contributed by atoms with E-state index in [4.69, 9.17) is 9.47 Å². The second-order valence-corrected chi connectivity index (χ2v) is 3.04. The van der Waals surface area contributed by atoms with Crippen LogP contribution in [-0.2, 0) is 15.9 Å². The first-order chi connectivity index (χ1) is 7.14. The van der Waals surface area contributed by atoms with Crippen LogP contribution in [-0.4, -0.2) is 25.1 Å². The molecule has 0 aliphatic carbocycles. The molecular formula is C10H13NO4. The van der Waals surface area contributed by atoms with Crippen molar-refractivity contribution in [2.75, 3.05) is 14.2 Å². The van der Waals surface area contributed by atoms with E-state index in [2.05, 4.69) is 0 Å². The van der Waals surface area contributed by atoms with Gasteiger partial charge in [0.15, 0.2) is 0 Å². The van der Waals surface area contributed by atoms with Crippen molar-refractivity contribution in [2.45, 2.75) is 12.3 Å². The Bertz CT molecular complexity index is 321. The molecule has 15 heavy (non-hydrogen) atoms. The molecule has 0 unspecified atom stereocenters. The van der Waals surface area contributed by atoms with Crippen LogP contribution in [0.4, 0.5) is 0 Å². The molecule has 0 N–H and O–H groups in total. The fraction of sp³-hybridized carbons (Fsp3) is 0.400. The molecule has 0 aliphatic heterocycles. The minimum atomic E-state index is -1.79. The average molecular weight is 211 g/mol. The Morgan fingerprint density at radius 1 is 1.27 bits per heavy atom. The van der Waals surface area contributed by atoms with Crippen LogP contribution in [0.25, 0.3) is 0 Å². The Morgan fingerprint density at radius 3 is 2.20 bits per heavy atom. The van der Waals surface area contributed by atoms with Gasteiger partial charge in [0, 0.05) is 14.2 Å². The molecule has 0 heterocycles. The standard InChI is InChI=1S/C10H13NO4/c1-14-10(15-2,11(12)13)8-9-6-4-3-5-7-9/h3-7H,8H2,1-2H3. The smallest absolute Gasteiger partial charge is 0.294 e. The predicted molar refractivity (Wildman–Crippen MR) is 53.9 cm³/mol. The Balaban J connectivity index is 2.89. The van der Waals surface area contributed by atoms with E-state index >= 15 is 0 Å². The molecule has 1 aromatic rings. The van der Waals surface area contributed by atoms with Gasteiger partial charge in [-0.2, -0.15) is 0 Å². The van der Waals surface area contributed by atoms with E-state index in [9.17, 15) is 10.1 Å². The fourth-order valence-electron chi connectivity index (χ4n) is 1.30. The highest BCUT2D eigenvalue weighted by Crippen LogP contribution is 2.18. The van der Waals surface area contributed by atoms with Gasteiger partial charge in [-0.05, 0) is 5.56 Å². The summed E-state index contributed by atoms with van der Waals surface area (Å²) in [4.78, 5) is 10.3. The van der Waals surface area contributed by atoms with Crippen LogP contribution >= 0.6 is 0 Å². The molecule has 0 bridgehead atoms. The lowest BCUT2D eigenvalue weighted by molar-refractivity contribution is -0.687. The maximum Gasteiger partial charge on any atom is 0.445 e. The molecule has 1 aromatic carbocycles. The van der Waals surface area contributed by atoms with Gasteiger partial charge in [-0.3, -0.25) is 19.6 Å². The molecular weight excluding hydrogens is 198 g/mol. The Hall–Kier alpha value is -1.46. The maximum atomic E-state index is 10.8. The molecule has 1 rings (SSSR count). The number of methoxy groups -OCH3 is 2. The Morgan fingerprint density at radius 2 is 1.80 bits per heavy atom. The molecule has 0 spiro atoms. The predicted octanol–water partition coefficient (Wildman–Crippen LogP) is 1.45. The van der Waals surface area contributed by atoms with Crippen molar-refractivity contribution in [3.8, 4) is 0 Å². The van der Waals surface area contributed by atoms with Gasteiger partial charge in [0.05, 0.1) is 4.92 Å². The third-order valence-electron chi connectivity index (χ3n) is 2.19. The molecule has 0 saturated carbocycles. The van der Waals surface area contributed by atoms with Crippen LogP contribution in [0.1, 0.15) is 5.56 Å². The lowest BCUT2D eigenvalue weighted by Gasteiger charge is -2.20. The normalized spacial score (nSPS) is 11.3. The summed E-state index contributed by atoms with van der Waals surface area (Å²) in [7, 11) is 2.52. The van der Waals surface area contributed by atoms with Gasteiger partial charge in [-0.25, -0.2) is 0 Å². The summed E-state index contributed by atoms with van der Waals surface area (Å²) in [6, 6.07) is 9.04. The Kier molecular flexibility index (Phi) is 3.76. The topological polar surface area (TPSA) is 61.6 Å². The van der Waals surface area contributed by atoms with Gasteiger partial charge in [-0.15, -0.1) is 0 Å². The van der Waals surface area contributed by atoms with Crippen LogP contribution in [0.2, 0.25) is 0 Å². The van der Waals surface area contributed by atoms with E-state index < -0.39 is 10.8 Å². The van der Waals surface area contributed by atoms with Crippen LogP contribution in [0.3, 0.4) is 0 Å². The van der Waals surface area contributed by atoms with Crippen molar-refractivity contribution in [3.63, 3.8) is 0 Å². The third-order valence-corrected chi connectivity index (χ3v) is 2.19. The summed E-state index contributed by atoms with van der Waals surface area (Å²) >= 11 is 0. The highest BCUT2D eigenvalue weighted by molar-refractivity contribution is 5.15. The highest BCUT2D eigenvalue weighted by atomic mass is 16.8. The number of nitro groups is 1. The fourth-order valence-corrected chi connectivity index (χ4v) is 1.30. The van der Waals surface area contributed by atoms with Gasteiger partial charge in [0.25, 0.3) is 0 Å². The van der Waals surface area contributed by atoms with Crippen molar-refractivity contribution in [2.24, 2.45) is 0 Å². The van der Waals surface area contributed by atoms with E-state index in [0.29, 0.717) is 0 Å². The van der Waals surface area contributed by atoms with Crippen LogP contribution in [0.15, 0.2) is 30.3 Å². The minimum absolute atomic E-state index is 0.0772. The second-order valence-electron chi connectivity index (χ2n) is 3.04. The largest absolute Gasteiger partial charge is 0.445 e. The van der Waals surface area contributed by atoms with Crippen molar-refractivity contribution >= 4 is 0 Å². The summed E-state index contributed by atoms with van der Waals surface area (Å²) in [5.74, 6) is -1.79.